The minimum atomic E-state index is -0.574. The summed E-state index contributed by atoms with van der Waals surface area (Å²) in [5.41, 5.74) is -0.455. The number of rotatable bonds is 3. The predicted molar refractivity (Wildman–Crippen MR) is 61.0 cm³/mol. The third-order valence-corrected chi connectivity index (χ3v) is 3.54. The zero-order valence-electron chi connectivity index (χ0n) is 9.70. The highest BCUT2D eigenvalue weighted by Gasteiger charge is 2.47. The lowest BCUT2D eigenvalue weighted by atomic mass is 9.90. The molecule has 0 aromatic rings. The Morgan fingerprint density at radius 1 is 1.29 bits per heavy atom. The number of barbiturate groups is 1. The second-order valence-electron chi connectivity index (χ2n) is 4.68. The highest BCUT2D eigenvalue weighted by molar-refractivity contribution is 6.14. The van der Waals surface area contributed by atoms with E-state index in [-0.39, 0.29) is 12.3 Å². The number of hydrogen-bond donors (Lipinski definition) is 1. The normalized spacial score (nSPS) is 23.8. The van der Waals surface area contributed by atoms with E-state index in [4.69, 9.17) is 0 Å². The standard InChI is InChI=1S/C12H16N2O3/c1-2-5-12(6-3-4-7-12)14-10(16)8-9(15)13-11(14)17/h2H,1,3-8H2,(H,13,15,17). The van der Waals surface area contributed by atoms with Gasteiger partial charge < -0.3 is 0 Å². The molecule has 0 aromatic heterocycles. The van der Waals surface area contributed by atoms with E-state index < -0.39 is 17.5 Å². The van der Waals surface area contributed by atoms with Gasteiger partial charge in [-0.05, 0) is 19.3 Å². The summed E-state index contributed by atoms with van der Waals surface area (Å²) < 4.78 is 0. The molecule has 1 aliphatic carbocycles. The van der Waals surface area contributed by atoms with Crippen LogP contribution in [0.2, 0.25) is 0 Å². The largest absolute Gasteiger partial charge is 0.331 e. The Kier molecular flexibility index (Phi) is 3.00. The average molecular weight is 236 g/mol. The van der Waals surface area contributed by atoms with Crippen LogP contribution < -0.4 is 5.32 Å². The Morgan fingerprint density at radius 2 is 1.94 bits per heavy atom. The molecule has 1 saturated heterocycles. The van der Waals surface area contributed by atoms with Gasteiger partial charge in [0.25, 0.3) is 0 Å². The van der Waals surface area contributed by atoms with Crippen LogP contribution in [0.3, 0.4) is 0 Å². The number of carbonyl (C=O) groups is 3. The Labute approximate surface area is 99.8 Å². The molecular weight excluding hydrogens is 220 g/mol. The van der Waals surface area contributed by atoms with Gasteiger partial charge in [0.2, 0.25) is 11.8 Å². The fourth-order valence-electron chi connectivity index (χ4n) is 2.85. The summed E-state index contributed by atoms with van der Waals surface area (Å²) in [6.07, 6.45) is 5.70. The van der Waals surface area contributed by atoms with E-state index in [9.17, 15) is 14.4 Å². The van der Waals surface area contributed by atoms with E-state index in [1.807, 2.05) is 0 Å². The zero-order valence-corrected chi connectivity index (χ0v) is 9.70. The van der Waals surface area contributed by atoms with Crippen LogP contribution >= 0.6 is 0 Å². The number of hydrogen-bond acceptors (Lipinski definition) is 3. The minimum absolute atomic E-state index is 0.232. The summed E-state index contributed by atoms with van der Waals surface area (Å²) in [7, 11) is 0. The lowest BCUT2D eigenvalue weighted by Crippen LogP contribution is -2.61. The first-order valence-electron chi connectivity index (χ1n) is 5.87. The van der Waals surface area contributed by atoms with Gasteiger partial charge in [-0.2, -0.15) is 0 Å². The number of imide groups is 2. The third kappa shape index (κ3) is 1.97. The van der Waals surface area contributed by atoms with Crippen molar-refractivity contribution < 1.29 is 14.4 Å². The van der Waals surface area contributed by atoms with Crippen LogP contribution in [0.1, 0.15) is 38.5 Å². The van der Waals surface area contributed by atoms with Crippen molar-refractivity contribution in [3.05, 3.63) is 12.7 Å². The first-order chi connectivity index (χ1) is 8.09. The lowest BCUT2D eigenvalue weighted by molar-refractivity contribution is -0.140. The van der Waals surface area contributed by atoms with Gasteiger partial charge in [0.1, 0.15) is 6.42 Å². The van der Waals surface area contributed by atoms with Gasteiger partial charge >= 0.3 is 6.03 Å². The molecule has 0 atom stereocenters. The van der Waals surface area contributed by atoms with Gasteiger partial charge in [0, 0.05) is 0 Å². The second-order valence-corrected chi connectivity index (χ2v) is 4.68. The quantitative estimate of drug-likeness (QED) is 0.594. The Bertz CT molecular complexity index is 363. The maximum absolute atomic E-state index is 11.9. The molecule has 92 valence electrons. The van der Waals surface area contributed by atoms with Gasteiger partial charge in [-0.15, -0.1) is 6.58 Å². The van der Waals surface area contributed by atoms with Crippen molar-refractivity contribution in [2.24, 2.45) is 0 Å². The summed E-state index contributed by atoms with van der Waals surface area (Å²) in [5, 5.41) is 2.21. The molecule has 2 aliphatic rings. The van der Waals surface area contributed by atoms with Crippen LogP contribution in [0.25, 0.3) is 0 Å². The van der Waals surface area contributed by atoms with Gasteiger partial charge in [0.15, 0.2) is 0 Å². The molecule has 0 spiro atoms. The molecule has 4 amide bonds. The molecule has 1 N–H and O–H groups in total. The van der Waals surface area contributed by atoms with Gasteiger partial charge in [-0.25, -0.2) is 4.79 Å². The molecule has 1 aliphatic heterocycles. The Balaban J connectivity index is 2.29. The fraction of sp³-hybridized carbons (Fsp3) is 0.583. The summed E-state index contributed by atoms with van der Waals surface area (Å²) >= 11 is 0. The van der Waals surface area contributed by atoms with Crippen molar-refractivity contribution in [3.8, 4) is 0 Å². The smallest absolute Gasteiger partial charge is 0.277 e. The zero-order chi connectivity index (χ0) is 12.5. The van der Waals surface area contributed by atoms with Gasteiger partial charge in [0.05, 0.1) is 5.54 Å². The van der Waals surface area contributed by atoms with Crippen LogP contribution in [0.5, 0.6) is 0 Å². The van der Waals surface area contributed by atoms with E-state index >= 15 is 0 Å². The molecule has 1 saturated carbocycles. The fourth-order valence-corrected chi connectivity index (χ4v) is 2.85. The molecule has 0 bridgehead atoms. The first-order valence-corrected chi connectivity index (χ1v) is 5.87. The number of urea groups is 1. The van der Waals surface area contributed by atoms with Crippen LogP contribution in [0, 0.1) is 0 Å². The Morgan fingerprint density at radius 3 is 2.47 bits per heavy atom. The predicted octanol–water partition coefficient (Wildman–Crippen LogP) is 1.34. The van der Waals surface area contributed by atoms with Gasteiger partial charge in [-0.3, -0.25) is 19.8 Å². The SMILES string of the molecule is C=CCC1(N2C(=O)CC(=O)NC2=O)CCCC1. The lowest BCUT2D eigenvalue weighted by Gasteiger charge is -2.40. The summed E-state index contributed by atoms with van der Waals surface area (Å²) in [6, 6.07) is -0.574. The first kappa shape index (κ1) is 11.8. The van der Waals surface area contributed by atoms with E-state index in [1.165, 1.54) is 4.90 Å². The van der Waals surface area contributed by atoms with Crippen LogP contribution in [-0.4, -0.2) is 28.3 Å². The molecule has 0 aromatic carbocycles. The van der Waals surface area contributed by atoms with Crippen LogP contribution in [0.4, 0.5) is 4.79 Å². The third-order valence-electron chi connectivity index (χ3n) is 3.54. The summed E-state index contributed by atoms with van der Waals surface area (Å²) in [4.78, 5) is 36.1. The van der Waals surface area contributed by atoms with Crippen molar-refractivity contribution in [1.82, 2.24) is 10.2 Å². The number of nitrogens with one attached hydrogen (secondary N) is 1. The number of amides is 4. The monoisotopic (exact) mass is 236 g/mol. The second kappa shape index (κ2) is 4.31. The average Bonchev–Trinajstić information content (AvgIpc) is 2.66. The molecule has 17 heavy (non-hydrogen) atoms. The van der Waals surface area contributed by atoms with Crippen LogP contribution in [0.15, 0.2) is 12.7 Å². The van der Waals surface area contributed by atoms with Crippen molar-refractivity contribution in [2.45, 2.75) is 44.1 Å². The molecule has 2 rings (SSSR count). The highest BCUT2D eigenvalue weighted by atomic mass is 16.2. The number of carbonyl (C=O) groups excluding carboxylic acids is 3. The molecule has 0 unspecified atom stereocenters. The van der Waals surface area contributed by atoms with Gasteiger partial charge in [-0.1, -0.05) is 18.9 Å². The minimum Gasteiger partial charge on any atom is -0.277 e. The van der Waals surface area contributed by atoms with E-state index in [0.717, 1.165) is 25.7 Å². The van der Waals surface area contributed by atoms with Crippen molar-refractivity contribution >= 4 is 17.8 Å². The van der Waals surface area contributed by atoms with E-state index in [2.05, 4.69) is 11.9 Å². The maximum Gasteiger partial charge on any atom is 0.331 e. The van der Waals surface area contributed by atoms with Crippen molar-refractivity contribution in [3.63, 3.8) is 0 Å². The summed E-state index contributed by atoms with van der Waals surface area (Å²) in [6.45, 7) is 3.69. The number of nitrogens with zero attached hydrogens (tertiary/aromatic N) is 1. The van der Waals surface area contributed by atoms with E-state index in [0.29, 0.717) is 6.42 Å². The molecule has 1 heterocycles. The molecule has 2 fully saturated rings. The molecule has 5 heteroatoms. The van der Waals surface area contributed by atoms with Crippen LogP contribution in [-0.2, 0) is 9.59 Å². The molecule has 5 nitrogen and oxygen atoms in total. The van der Waals surface area contributed by atoms with Crippen molar-refractivity contribution in [1.29, 1.82) is 0 Å². The highest BCUT2D eigenvalue weighted by Crippen LogP contribution is 2.39. The molecular formula is C12H16N2O3. The summed E-state index contributed by atoms with van der Waals surface area (Å²) in [5.74, 6) is -0.898. The molecule has 0 radical (unpaired) electrons. The topological polar surface area (TPSA) is 66.5 Å². The Hall–Kier alpha value is -1.65. The van der Waals surface area contributed by atoms with Crippen molar-refractivity contribution in [2.75, 3.05) is 0 Å². The maximum atomic E-state index is 11.9. The van der Waals surface area contributed by atoms with E-state index in [1.54, 1.807) is 6.08 Å².